The number of nitrogens with one attached hydrogen (secondary N) is 1. The molecule has 0 heterocycles. The minimum absolute atomic E-state index is 0.303. The summed E-state index contributed by atoms with van der Waals surface area (Å²) in [5.41, 5.74) is -0.676. The predicted molar refractivity (Wildman–Crippen MR) is 49.9 cm³/mol. The molecule has 1 rings (SSSR count). The van der Waals surface area contributed by atoms with Crippen LogP contribution >= 0.6 is 0 Å². The SMILES string of the molecule is CC#CC(=O)NCC1(O)CCCC1. The molecule has 0 aromatic heterocycles. The maximum atomic E-state index is 10.9. The highest BCUT2D eigenvalue weighted by Crippen LogP contribution is 2.28. The van der Waals surface area contributed by atoms with Crippen LogP contribution in [-0.4, -0.2) is 23.2 Å². The Morgan fingerprint density at radius 1 is 1.54 bits per heavy atom. The summed E-state index contributed by atoms with van der Waals surface area (Å²) in [5, 5.41) is 12.4. The number of carbonyl (C=O) groups excluding carboxylic acids is 1. The molecule has 0 aliphatic heterocycles. The standard InChI is InChI=1S/C10H15NO2/c1-2-5-9(12)11-8-10(13)6-3-4-7-10/h13H,3-4,6-8H2,1H3,(H,11,12). The Morgan fingerprint density at radius 2 is 2.15 bits per heavy atom. The molecule has 1 saturated carbocycles. The quantitative estimate of drug-likeness (QED) is 0.607. The van der Waals surface area contributed by atoms with Crippen LogP contribution in [0.2, 0.25) is 0 Å². The average Bonchev–Trinajstić information content (AvgIpc) is 2.51. The summed E-state index contributed by atoms with van der Waals surface area (Å²) >= 11 is 0. The van der Waals surface area contributed by atoms with Crippen LogP contribution < -0.4 is 5.32 Å². The molecule has 72 valence electrons. The van der Waals surface area contributed by atoms with E-state index in [4.69, 9.17) is 0 Å². The Hall–Kier alpha value is -1.01. The molecule has 0 aromatic carbocycles. The molecule has 0 spiro atoms. The van der Waals surface area contributed by atoms with Crippen molar-refractivity contribution >= 4 is 5.91 Å². The van der Waals surface area contributed by atoms with E-state index >= 15 is 0 Å². The molecule has 0 unspecified atom stereocenters. The summed E-state index contributed by atoms with van der Waals surface area (Å²) in [7, 11) is 0. The second kappa shape index (κ2) is 4.29. The van der Waals surface area contributed by atoms with Crippen molar-refractivity contribution in [3.8, 4) is 11.8 Å². The van der Waals surface area contributed by atoms with Gasteiger partial charge in [-0.25, -0.2) is 0 Å². The Kier molecular flexibility index (Phi) is 3.32. The molecule has 1 fully saturated rings. The first kappa shape index (κ1) is 10.1. The van der Waals surface area contributed by atoms with Gasteiger partial charge in [0.15, 0.2) is 0 Å². The van der Waals surface area contributed by atoms with E-state index < -0.39 is 5.60 Å². The normalized spacial score (nSPS) is 18.9. The lowest BCUT2D eigenvalue weighted by Gasteiger charge is -2.21. The number of hydrogen-bond acceptors (Lipinski definition) is 2. The van der Waals surface area contributed by atoms with E-state index in [2.05, 4.69) is 17.2 Å². The van der Waals surface area contributed by atoms with Crippen LogP contribution in [-0.2, 0) is 4.79 Å². The zero-order valence-corrected chi connectivity index (χ0v) is 7.89. The van der Waals surface area contributed by atoms with Gasteiger partial charge in [-0.1, -0.05) is 18.8 Å². The minimum Gasteiger partial charge on any atom is -0.388 e. The van der Waals surface area contributed by atoms with Crippen LogP contribution in [0.1, 0.15) is 32.6 Å². The summed E-state index contributed by atoms with van der Waals surface area (Å²) in [5.74, 6) is 4.58. The zero-order valence-electron chi connectivity index (χ0n) is 7.89. The third-order valence-corrected chi connectivity index (χ3v) is 2.35. The lowest BCUT2D eigenvalue weighted by atomic mass is 10.0. The number of amides is 1. The van der Waals surface area contributed by atoms with Crippen LogP contribution in [0.15, 0.2) is 0 Å². The van der Waals surface area contributed by atoms with Crippen molar-refractivity contribution in [3.05, 3.63) is 0 Å². The number of hydrogen-bond donors (Lipinski definition) is 2. The van der Waals surface area contributed by atoms with E-state index in [1.165, 1.54) is 0 Å². The van der Waals surface area contributed by atoms with Gasteiger partial charge in [0, 0.05) is 6.54 Å². The lowest BCUT2D eigenvalue weighted by Crippen LogP contribution is -2.40. The van der Waals surface area contributed by atoms with Crippen LogP contribution in [0.5, 0.6) is 0 Å². The molecule has 1 amide bonds. The molecule has 1 aliphatic carbocycles. The molecule has 3 heteroatoms. The van der Waals surface area contributed by atoms with Gasteiger partial charge in [0.2, 0.25) is 0 Å². The van der Waals surface area contributed by atoms with Crippen LogP contribution in [0.3, 0.4) is 0 Å². The molecular formula is C10H15NO2. The molecule has 13 heavy (non-hydrogen) atoms. The van der Waals surface area contributed by atoms with E-state index in [0.29, 0.717) is 6.54 Å². The van der Waals surface area contributed by atoms with Crippen LogP contribution in [0.4, 0.5) is 0 Å². The fourth-order valence-corrected chi connectivity index (χ4v) is 1.61. The second-order valence-corrected chi connectivity index (χ2v) is 3.49. The molecule has 0 aromatic rings. The lowest BCUT2D eigenvalue weighted by molar-refractivity contribution is -0.116. The van der Waals surface area contributed by atoms with Gasteiger partial charge < -0.3 is 10.4 Å². The Balaban J connectivity index is 2.31. The molecular weight excluding hydrogens is 166 g/mol. The minimum atomic E-state index is -0.676. The first-order valence-electron chi connectivity index (χ1n) is 4.59. The highest BCUT2D eigenvalue weighted by atomic mass is 16.3. The maximum absolute atomic E-state index is 10.9. The van der Waals surface area contributed by atoms with Crippen molar-refractivity contribution in [3.63, 3.8) is 0 Å². The van der Waals surface area contributed by atoms with E-state index in [1.54, 1.807) is 6.92 Å². The monoisotopic (exact) mass is 181 g/mol. The van der Waals surface area contributed by atoms with Crippen LogP contribution in [0.25, 0.3) is 0 Å². The zero-order chi connectivity index (χ0) is 9.73. The molecule has 0 saturated heterocycles. The number of aliphatic hydroxyl groups is 1. The number of rotatable bonds is 2. The fraction of sp³-hybridized carbons (Fsp3) is 0.700. The molecule has 1 aliphatic rings. The van der Waals surface area contributed by atoms with Gasteiger partial charge in [-0.2, -0.15) is 0 Å². The highest BCUT2D eigenvalue weighted by Gasteiger charge is 2.30. The smallest absolute Gasteiger partial charge is 0.295 e. The summed E-state index contributed by atoms with van der Waals surface area (Å²) in [6.07, 6.45) is 3.66. The van der Waals surface area contributed by atoms with Crippen molar-refractivity contribution in [2.45, 2.75) is 38.2 Å². The van der Waals surface area contributed by atoms with Crippen molar-refractivity contribution in [2.75, 3.05) is 6.54 Å². The van der Waals surface area contributed by atoms with Crippen LogP contribution in [0, 0.1) is 11.8 Å². The topological polar surface area (TPSA) is 49.3 Å². The van der Waals surface area contributed by atoms with Gasteiger partial charge in [0.05, 0.1) is 5.60 Å². The second-order valence-electron chi connectivity index (χ2n) is 3.49. The Bertz CT molecular complexity index is 243. The first-order valence-corrected chi connectivity index (χ1v) is 4.59. The van der Waals surface area contributed by atoms with Gasteiger partial charge in [-0.15, -0.1) is 0 Å². The fourth-order valence-electron chi connectivity index (χ4n) is 1.61. The van der Waals surface area contributed by atoms with E-state index in [1.807, 2.05) is 0 Å². The van der Waals surface area contributed by atoms with Gasteiger partial charge in [0.1, 0.15) is 0 Å². The van der Waals surface area contributed by atoms with Crippen molar-refractivity contribution in [1.29, 1.82) is 0 Å². The Labute approximate surface area is 78.5 Å². The first-order chi connectivity index (χ1) is 6.16. The van der Waals surface area contributed by atoms with Crippen molar-refractivity contribution < 1.29 is 9.90 Å². The Morgan fingerprint density at radius 3 is 2.69 bits per heavy atom. The average molecular weight is 181 g/mol. The molecule has 0 bridgehead atoms. The molecule has 2 N–H and O–H groups in total. The van der Waals surface area contributed by atoms with E-state index in [-0.39, 0.29) is 5.91 Å². The molecule has 0 radical (unpaired) electrons. The van der Waals surface area contributed by atoms with Crippen molar-refractivity contribution in [1.82, 2.24) is 5.32 Å². The van der Waals surface area contributed by atoms with E-state index in [9.17, 15) is 9.90 Å². The third-order valence-electron chi connectivity index (χ3n) is 2.35. The largest absolute Gasteiger partial charge is 0.388 e. The maximum Gasteiger partial charge on any atom is 0.295 e. The third kappa shape index (κ3) is 3.08. The summed E-state index contributed by atoms with van der Waals surface area (Å²) in [4.78, 5) is 10.9. The predicted octanol–water partition coefficient (Wildman–Crippen LogP) is 0.431. The summed E-state index contributed by atoms with van der Waals surface area (Å²) < 4.78 is 0. The van der Waals surface area contributed by atoms with Crippen molar-refractivity contribution in [2.24, 2.45) is 0 Å². The van der Waals surface area contributed by atoms with Gasteiger partial charge in [-0.05, 0) is 25.7 Å². The highest BCUT2D eigenvalue weighted by molar-refractivity contribution is 5.93. The summed E-state index contributed by atoms with van der Waals surface area (Å²) in [6.45, 7) is 1.95. The van der Waals surface area contributed by atoms with Gasteiger partial charge >= 0.3 is 0 Å². The summed E-state index contributed by atoms with van der Waals surface area (Å²) in [6, 6.07) is 0. The van der Waals surface area contributed by atoms with Gasteiger partial charge in [-0.3, -0.25) is 4.79 Å². The molecule has 0 atom stereocenters. The molecule has 3 nitrogen and oxygen atoms in total. The van der Waals surface area contributed by atoms with Gasteiger partial charge in [0.25, 0.3) is 5.91 Å². The van der Waals surface area contributed by atoms with E-state index in [0.717, 1.165) is 25.7 Å². The number of carbonyl (C=O) groups is 1.